The van der Waals surface area contributed by atoms with Crippen LogP contribution in [0.2, 0.25) is 0 Å². The largest absolute Gasteiger partial charge is 0.484 e. The van der Waals surface area contributed by atoms with Crippen LogP contribution in [0.5, 0.6) is 5.75 Å². The van der Waals surface area contributed by atoms with Crippen molar-refractivity contribution in [3.8, 4) is 5.75 Å². The van der Waals surface area contributed by atoms with E-state index < -0.39 is 0 Å². The summed E-state index contributed by atoms with van der Waals surface area (Å²) in [5, 5.41) is 9.19. The maximum absolute atomic E-state index is 13.0. The van der Waals surface area contributed by atoms with E-state index in [4.69, 9.17) is 4.74 Å². The Hall–Kier alpha value is -2.36. The van der Waals surface area contributed by atoms with E-state index >= 15 is 0 Å². The predicted octanol–water partition coefficient (Wildman–Crippen LogP) is 3.26. The number of benzene rings is 2. The SMILES string of the molecule is CCNC(=O)COc1cccc(CN=C(NCC)NCCc2ccc(F)cc2)c1.I. The average Bonchev–Trinajstić information content (AvgIpc) is 2.72. The fourth-order valence-electron chi connectivity index (χ4n) is 2.62. The molecule has 0 saturated heterocycles. The zero-order valence-corrected chi connectivity index (χ0v) is 19.7. The highest BCUT2D eigenvalue weighted by molar-refractivity contribution is 14.0. The van der Waals surface area contributed by atoms with Gasteiger partial charge in [-0.1, -0.05) is 24.3 Å². The van der Waals surface area contributed by atoms with Crippen molar-refractivity contribution in [2.75, 3.05) is 26.2 Å². The van der Waals surface area contributed by atoms with Crippen LogP contribution < -0.4 is 20.7 Å². The number of hydrogen-bond acceptors (Lipinski definition) is 3. The number of carbonyl (C=O) groups excluding carboxylic acids is 1. The van der Waals surface area contributed by atoms with Gasteiger partial charge in [0.25, 0.3) is 5.91 Å². The number of rotatable bonds is 10. The topological polar surface area (TPSA) is 74.8 Å². The first-order valence-corrected chi connectivity index (χ1v) is 9.85. The van der Waals surface area contributed by atoms with Crippen LogP contribution in [0.25, 0.3) is 0 Å². The summed E-state index contributed by atoms with van der Waals surface area (Å²) in [6.07, 6.45) is 0.772. The first-order valence-electron chi connectivity index (χ1n) is 9.85. The van der Waals surface area contributed by atoms with Crippen LogP contribution in [0.3, 0.4) is 0 Å². The highest BCUT2D eigenvalue weighted by atomic mass is 127. The molecule has 0 heterocycles. The molecule has 0 aliphatic carbocycles. The Bertz CT molecular complexity index is 800. The van der Waals surface area contributed by atoms with Gasteiger partial charge in [-0.15, -0.1) is 24.0 Å². The van der Waals surface area contributed by atoms with Gasteiger partial charge in [0.15, 0.2) is 12.6 Å². The van der Waals surface area contributed by atoms with Crippen LogP contribution in [0.1, 0.15) is 25.0 Å². The minimum Gasteiger partial charge on any atom is -0.484 e. The lowest BCUT2D eigenvalue weighted by atomic mass is 10.1. The molecule has 1 amide bonds. The summed E-state index contributed by atoms with van der Waals surface area (Å²) in [7, 11) is 0. The zero-order valence-electron chi connectivity index (χ0n) is 17.4. The van der Waals surface area contributed by atoms with Crippen LogP contribution in [0.4, 0.5) is 4.39 Å². The molecule has 0 fully saturated rings. The van der Waals surface area contributed by atoms with Gasteiger partial charge in [0.1, 0.15) is 11.6 Å². The molecular formula is C22H30FIN4O2. The van der Waals surface area contributed by atoms with Gasteiger partial charge in [0, 0.05) is 19.6 Å². The minimum absolute atomic E-state index is 0. The Kier molecular flexibility index (Phi) is 12.5. The van der Waals surface area contributed by atoms with E-state index in [0.29, 0.717) is 31.3 Å². The van der Waals surface area contributed by atoms with Crippen molar-refractivity contribution in [1.82, 2.24) is 16.0 Å². The number of nitrogens with one attached hydrogen (secondary N) is 3. The normalized spacial score (nSPS) is 10.7. The molecule has 0 aliphatic rings. The molecule has 0 bridgehead atoms. The lowest BCUT2D eigenvalue weighted by Crippen LogP contribution is -2.38. The Balaban J connectivity index is 0.00000450. The summed E-state index contributed by atoms with van der Waals surface area (Å²) in [6, 6.07) is 14.0. The molecule has 0 spiro atoms. The Morgan fingerprint density at radius 2 is 1.73 bits per heavy atom. The quantitative estimate of drug-likeness (QED) is 0.252. The van der Waals surface area contributed by atoms with Gasteiger partial charge in [-0.2, -0.15) is 0 Å². The molecule has 3 N–H and O–H groups in total. The lowest BCUT2D eigenvalue weighted by molar-refractivity contribution is -0.122. The number of likely N-dealkylation sites (N-methyl/N-ethyl adjacent to an activating group) is 1. The fourth-order valence-corrected chi connectivity index (χ4v) is 2.62. The van der Waals surface area contributed by atoms with Crippen LogP contribution >= 0.6 is 24.0 Å². The van der Waals surface area contributed by atoms with E-state index in [2.05, 4.69) is 20.9 Å². The third-order valence-corrected chi connectivity index (χ3v) is 4.03. The van der Waals surface area contributed by atoms with Gasteiger partial charge in [-0.3, -0.25) is 4.79 Å². The number of nitrogens with zero attached hydrogens (tertiary/aromatic N) is 1. The van der Waals surface area contributed by atoms with Crippen molar-refractivity contribution >= 4 is 35.8 Å². The summed E-state index contributed by atoms with van der Waals surface area (Å²) < 4.78 is 18.5. The number of hydrogen-bond donors (Lipinski definition) is 3. The van der Waals surface area contributed by atoms with Gasteiger partial charge in [0.05, 0.1) is 6.54 Å². The number of amides is 1. The lowest BCUT2D eigenvalue weighted by Gasteiger charge is -2.12. The number of ether oxygens (including phenoxy) is 1. The van der Waals surface area contributed by atoms with Gasteiger partial charge >= 0.3 is 0 Å². The monoisotopic (exact) mass is 528 g/mol. The molecule has 0 aliphatic heterocycles. The molecule has 6 nitrogen and oxygen atoms in total. The van der Waals surface area contributed by atoms with E-state index in [1.807, 2.05) is 38.1 Å². The van der Waals surface area contributed by atoms with Gasteiger partial charge in [-0.05, 0) is 55.7 Å². The standard InChI is InChI=1S/C22H29FN4O2.HI/c1-3-24-21(28)16-29-20-7-5-6-18(14-20)15-27-22(25-4-2)26-13-12-17-8-10-19(23)11-9-17;/h5-11,14H,3-4,12-13,15-16H2,1-2H3,(H,24,28)(H2,25,26,27);1H. The second kappa shape index (κ2) is 14.6. The van der Waals surface area contributed by atoms with Gasteiger partial charge in [0.2, 0.25) is 0 Å². The van der Waals surface area contributed by atoms with E-state index in [0.717, 1.165) is 24.1 Å². The summed E-state index contributed by atoms with van der Waals surface area (Å²) >= 11 is 0. The number of carbonyl (C=O) groups is 1. The third kappa shape index (κ3) is 9.91. The molecule has 2 rings (SSSR count). The first-order chi connectivity index (χ1) is 14.1. The molecule has 30 heavy (non-hydrogen) atoms. The molecule has 2 aromatic rings. The smallest absolute Gasteiger partial charge is 0.257 e. The van der Waals surface area contributed by atoms with E-state index in [1.54, 1.807) is 12.1 Å². The van der Waals surface area contributed by atoms with Crippen molar-refractivity contribution < 1.29 is 13.9 Å². The molecule has 0 aromatic heterocycles. The van der Waals surface area contributed by atoms with E-state index in [-0.39, 0.29) is 42.3 Å². The van der Waals surface area contributed by atoms with Crippen LogP contribution in [-0.4, -0.2) is 38.1 Å². The molecule has 0 unspecified atom stereocenters. The maximum atomic E-state index is 13.0. The van der Waals surface area contributed by atoms with Crippen LogP contribution in [0.15, 0.2) is 53.5 Å². The van der Waals surface area contributed by atoms with Crippen molar-refractivity contribution in [1.29, 1.82) is 0 Å². The summed E-state index contributed by atoms with van der Waals surface area (Å²) in [5.74, 6) is 0.978. The highest BCUT2D eigenvalue weighted by Gasteiger charge is 2.03. The molecule has 0 atom stereocenters. The van der Waals surface area contributed by atoms with Crippen molar-refractivity contribution in [2.45, 2.75) is 26.8 Å². The van der Waals surface area contributed by atoms with Crippen molar-refractivity contribution in [3.63, 3.8) is 0 Å². The Morgan fingerprint density at radius 1 is 1.00 bits per heavy atom. The Labute approximate surface area is 194 Å². The summed E-state index contributed by atoms with van der Waals surface area (Å²) in [4.78, 5) is 16.1. The second-order valence-corrected chi connectivity index (χ2v) is 6.39. The number of guanidine groups is 1. The van der Waals surface area contributed by atoms with Crippen molar-refractivity contribution in [2.24, 2.45) is 4.99 Å². The van der Waals surface area contributed by atoms with Crippen LogP contribution in [-0.2, 0) is 17.8 Å². The summed E-state index contributed by atoms with van der Waals surface area (Å²) in [5.41, 5.74) is 2.04. The van der Waals surface area contributed by atoms with E-state index in [9.17, 15) is 9.18 Å². The van der Waals surface area contributed by atoms with Crippen LogP contribution in [0, 0.1) is 5.82 Å². The van der Waals surface area contributed by atoms with Gasteiger partial charge < -0.3 is 20.7 Å². The third-order valence-electron chi connectivity index (χ3n) is 4.03. The Morgan fingerprint density at radius 3 is 2.43 bits per heavy atom. The van der Waals surface area contributed by atoms with Crippen molar-refractivity contribution in [3.05, 3.63) is 65.5 Å². The molecular weight excluding hydrogens is 498 g/mol. The zero-order chi connectivity index (χ0) is 20.9. The predicted molar refractivity (Wildman–Crippen MR) is 129 cm³/mol. The maximum Gasteiger partial charge on any atom is 0.257 e. The molecule has 0 radical (unpaired) electrons. The first kappa shape index (κ1) is 25.7. The second-order valence-electron chi connectivity index (χ2n) is 6.39. The molecule has 8 heteroatoms. The molecule has 164 valence electrons. The summed E-state index contributed by atoms with van der Waals surface area (Å²) in [6.45, 7) is 6.36. The highest BCUT2D eigenvalue weighted by Crippen LogP contribution is 2.14. The van der Waals surface area contributed by atoms with Gasteiger partial charge in [-0.25, -0.2) is 9.38 Å². The average molecular weight is 528 g/mol. The fraction of sp³-hybridized carbons (Fsp3) is 0.364. The number of halogens is 2. The minimum atomic E-state index is -0.228. The molecule has 0 saturated carbocycles. The van der Waals surface area contributed by atoms with E-state index in [1.165, 1.54) is 12.1 Å². The number of aliphatic imine (C=N–C) groups is 1. The molecule has 2 aromatic carbocycles.